The van der Waals surface area contributed by atoms with Gasteiger partial charge in [-0.3, -0.25) is 4.79 Å². The van der Waals surface area contributed by atoms with Gasteiger partial charge in [-0.25, -0.2) is 0 Å². The molecule has 3 rings (SSSR count). The fourth-order valence-electron chi connectivity index (χ4n) is 2.56. The van der Waals surface area contributed by atoms with Crippen LogP contribution in [-0.2, 0) is 0 Å². The van der Waals surface area contributed by atoms with Crippen molar-refractivity contribution in [2.45, 2.75) is 18.7 Å². The molecule has 0 aliphatic heterocycles. The molecule has 0 N–H and O–H groups in total. The molecule has 21 heavy (non-hydrogen) atoms. The molecule has 3 heteroatoms. The molecule has 2 nitrogen and oxygen atoms in total. The number of benzene rings is 1. The topological polar surface area (TPSA) is 21.5 Å². The van der Waals surface area contributed by atoms with Crippen LogP contribution in [0.15, 0.2) is 53.6 Å². The Morgan fingerprint density at radius 3 is 2.57 bits per heavy atom. The number of rotatable bonds is 4. The first-order valence-electron chi connectivity index (χ1n) is 7.03. The molecule has 3 aromatic rings. The number of carbonyl (C=O) groups excluding carboxylic acids is 1. The summed E-state index contributed by atoms with van der Waals surface area (Å²) < 4.78 is 1.95. The van der Waals surface area contributed by atoms with Crippen LogP contribution in [0.3, 0.4) is 0 Å². The summed E-state index contributed by atoms with van der Waals surface area (Å²) in [5.41, 5.74) is 5.03. The molecule has 0 saturated heterocycles. The van der Waals surface area contributed by atoms with Gasteiger partial charge in [-0.05, 0) is 54.1 Å². The Morgan fingerprint density at radius 1 is 1.14 bits per heavy atom. The Labute approximate surface area is 128 Å². The molecule has 0 spiro atoms. The lowest BCUT2D eigenvalue weighted by atomic mass is 10.1. The van der Waals surface area contributed by atoms with Gasteiger partial charge in [-0.2, -0.15) is 0 Å². The second kappa shape index (κ2) is 5.78. The lowest BCUT2D eigenvalue weighted by molar-refractivity contribution is 0.111. The molecule has 0 fully saturated rings. The maximum Gasteiger partial charge on any atom is 0.167 e. The summed E-state index contributed by atoms with van der Waals surface area (Å²) in [6.45, 7) is 4.20. The molecule has 0 radical (unpaired) electrons. The van der Waals surface area contributed by atoms with E-state index in [0.29, 0.717) is 5.69 Å². The van der Waals surface area contributed by atoms with E-state index in [4.69, 9.17) is 0 Å². The molecular formula is C18H17NOS. The molecule has 2 heterocycles. The summed E-state index contributed by atoms with van der Waals surface area (Å²) in [7, 11) is 0. The van der Waals surface area contributed by atoms with Crippen LogP contribution in [0.5, 0.6) is 0 Å². The van der Waals surface area contributed by atoms with Crippen molar-refractivity contribution in [3.63, 3.8) is 0 Å². The predicted octanol–water partition coefficient (Wildman–Crippen LogP) is 4.84. The van der Waals surface area contributed by atoms with Gasteiger partial charge in [-0.15, -0.1) is 11.8 Å². The number of thioether (sulfide) groups is 1. The minimum absolute atomic E-state index is 0.709. The number of aryl methyl sites for hydroxylation is 1. The van der Waals surface area contributed by atoms with E-state index in [1.165, 1.54) is 10.5 Å². The number of pyridine rings is 1. The zero-order valence-electron chi connectivity index (χ0n) is 12.2. The first-order chi connectivity index (χ1) is 10.2. The van der Waals surface area contributed by atoms with E-state index < -0.39 is 0 Å². The minimum Gasteiger partial charge on any atom is -0.314 e. The molecule has 0 saturated carbocycles. The molecule has 0 atom stereocenters. The first-order valence-corrected chi connectivity index (χ1v) is 8.01. The highest BCUT2D eigenvalue weighted by Crippen LogP contribution is 2.29. The average Bonchev–Trinajstić information content (AvgIpc) is 2.85. The third-order valence-electron chi connectivity index (χ3n) is 3.56. The maximum atomic E-state index is 11.5. The van der Waals surface area contributed by atoms with Gasteiger partial charge in [0.2, 0.25) is 0 Å². The van der Waals surface area contributed by atoms with Gasteiger partial charge < -0.3 is 4.40 Å². The smallest absolute Gasteiger partial charge is 0.167 e. The highest BCUT2D eigenvalue weighted by Gasteiger charge is 2.11. The number of aromatic nitrogens is 1. The van der Waals surface area contributed by atoms with Gasteiger partial charge >= 0.3 is 0 Å². The van der Waals surface area contributed by atoms with Crippen LogP contribution in [0, 0.1) is 6.92 Å². The Morgan fingerprint density at radius 2 is 1.90 bits per heavy atom. The largest absolute Gasteiger partial charge is 0.314 e. The van der Waals surface area contributed by atoms with E-state index >= 15 is 0 Å². The fraction of sp³-hybridized carbons (Fsp3) is 0.167. The summed E-state index contributed by atoms with van der Waals surface area (Å²) in [4.78, 5) is 12.8. The van der Waals surface area contributed by atoms with Crippen molar-refractivity contribution in [3.05, 3.63) is 59.9 Å². The molecule has 0 bridgehead atoms. The van der Waals surface area contributed by atoms with E-state index in [1.807, 2.05) is 28.4 Å². The van der Waals surface area contributed by atoms with Crippen LogP contribution in [0.4, 0.5) is 0 Å². The Kier molecular flexibility index (Phi) is 3.84. The summed E-state index contributed by atoms with van der Waals surface area (Å²) in [5, 5.41) is 0. The van der Waals surface area contributed by atoms with Gasteiger partial charge in [0.1, 0.15) is 0 Å². The standard InChI is InChI=1S/C18H17NOS/c1-3-21-16-6-4-14(5-7-16)17-11-15-10-13(2)8-9-19(15)18(17)12-20/h4-12H,3H2,1-2H3. The normalized spacial score (nSPS) is 11.0. The van der Waals surface area contributed by atoms with Crippen LogP contribution < -0.4 is 0 Å². The highest BCUT2D eigenvalue weighted by molar-refractivity contribution is 7.99. The quantitative estimate of drug-likeness (QED) is 0.507. The van der Waals surface area contributed by atoms with Crippen molar-refractivity contribution in [2.24, 2.45) is 0 Å². The van der Waals surface area contributed by atoms with Crippen LogP contribution in [0.1, 0.15) is 23.0 Å². The zero-order valence-corrected chi connectivity index (χ0v) is 13.0. The Bertz CT molecular complexity index is 787. The monoisotopic (exact) mass is 295 g/mol. The second-order valence-electron chi connectivity index (χ2n) is 5.02. The molecule has 0 unspecified atom stereocenters. The average molecular weight is 295 g/mol. The SMILES string of the molecule is CCSc1ccc(-c2cc3cc(C)ccn3c2C=O)cc1. The summed E-state index contributed by atoms with van der Waals surface area (Å²) in [6, 6.07) is 14.6. The van der Waals surface area contributed by atoms with Gasteiger partial charge in [0.25, 0.3) is 0 Å². The van der Waals surface area contributed by atoms with Gasteiger partial charge in [0, 0.05) is 22.2 Å². The van der Waals surface area contributed by atoms with Crippen LogP contribution in [-0.4, -0.2) is 16.4 Å². The van der Waals surface area contributed by atoms with Gasteiger partial charge in [0.15, 0.2) is 6.29 Å². The van der Waals surface area contributed by atoms with E-state index in [9.17, 15) is 4.79 Å². The van der Waals surface area contributed by atoms with Crippen molar-refractivity contribution in [1.82, 2.24) is 4.40 Å². The van der Waals surface area contributed by atoms with Crippen LogP contribution in [0.25, 0.3) is 16.6 Å². The Balaban J connectivity index is 2.12. The number of aldehydes is 1. The molecular weight excluding hydrogens is 278 g/mol. The maximum absolute atomic E-state index is 11.5. The Hall–Kier alpha value is -2.00. The summed E-state index contributed by atoms with van der Waals surface area (Å²) >= 11 is 1.82. The lowest BCUT2D eigenvalue weighted by Crippen LogP contribution is -1.92. The molecule has 0 amide bonds. The molecule has 106 valence electrons. The molecule has 1 aromatic carbocycles. The lowest BCUT2D eigenvalue weighted by Gasteiger charge is -2.03. The van der Waals surface area contributed by atoms with E-state index in [-0.39, 0.29) is 0 Å². The van der Waals surface area contributed by atoms with E-state index in [1.54, 1.807) is 0 Å². The predicted molar refractivity (Wildman–Crippen MR) is 89.4 cm³/mol. The third-order valence-corrected chi connectivity index (χ3v) is 4.45. The van der Waals surface area contributed by atoms with Crippen LogP contribution >= 0.6 is 11.8 Å². The molecule has 0 aliphatic carbocycles. The van der Waals surface area contributed by atoms with Crippen LogP contribution in [0.2, 0.25) is 0 Å². The van der Waals surface area contributed by atoms with Gasteiger partial charge in [-0.1, -0.05) is 19.1 Å². The highest BCUT2D eigenvalue weighted by atomic mass is 32.2. The summed E-state index contributed by atoms with van der Waals surface area (Å²) in [6.07, 6.45) is 2.89. The van der Waals surface area contributed by atoms with Crippen molar-refractivity contribution in [3.8, 4) is 11.1 Å². The van der Waals surface area contributed by atoms with Crippen molar-refractivity contribution < 1.29 is 4.79 Å². The number of hydrogen-bond donors (Lipinski definition) is 0. The number of nitrogens with zero attached hydrogens (tertiary/aromatic N) is 1. The number of fused-ring (bicyclic) bond motifs is 1. The first kappa shape index (κ1) is 14.0. The van der Waals surface area contributed by atoms with E-state index in [2.05, 4.69) is 50.2 Å². The van der Waals surface area contributed by atoms with Gasteiger partial charge in [0.05, 0.1) is 5.69 Å². The number of hydrogen-bond acceptors (Lipinski definition) is 2. The van der Waals surface area contributed by atoms with Crippen molar-refractivity contribution in [2.75, 3.05) is 5.75 Å². The fourth-order valence-corrected chi connectivity index (χ4v) is 3.22. The number of carbonyl (C=O) groups is 1. The zero-order chi connectivity index (χ0) is 14.8. The minimum atomic E-state index is 0.709. The second-order valence-corrected chi connectivity index (χ2v) is 6.35. The van der Waals surface area contributed by atoms with E-state index in [0.717, 1.165) is 28.7 Å². The van der Waals surface area contributed by atoms with Crippen molar-refractivity contribution >= 4 is 23.6 Å². The molecule has 0 aliphatic rings. The summed E-state index contributed by atoms with van der Waals surface area (Å²) in [5.74, 6) is 1.06. The third kappa shape index (κ3) is 2.61. The van der Waals surface area contributed by atoms with Crippen molar-refractivity contribution in [1.29, 1.82) is 0 Å². The molecule has 2 aromatic heterocycles.